The van der Waals surface area contributed by atoms with Gasteiger partial charge >= 0.3 is 0 Å². The number of aryl methyl sites for hydroxylation is 1. The fraction of sp³-hybridized carbons (Fsp3) is 0.500. The van der Waals surface area contributed by atoms with Gasteiger partial charge in [-0.1, -0.05) is 55.4 Å². The molecule has 0 unspecified atom stereocenters. The number of nitrogens with zero attached hydrogens (tertiary/aromatic N) is 4. The normalized spacial score (nSPS) is 12.4. The number of amides is 1. The number of carbonyl (C=O) groups is 1. The Balaban J connectivity index is 1.87. The lowest BCUT2D eigenvalue weighted by Crippen LogP contribution is -2.30. The van der Waals surface area contributed by atoms with Crippen molar-refractivity contribution in [2.75, 3.05) is 0 Å². The second-order valence-corrected chi connectivity index (χ2v) is 7.31. The number of tetrazole rings is 1. The van der Waals surface area contributed by atoms with Gasteiger partial charge in [0, 0.05) is 13.1 Å². The van der Waals surface area contributed by atoms with E-state index in [2.05, 4.69) is 34.7 Å². The van der Waals surface area contributed by atoms with Crippen LogP contribution < -0.4 is 5.32 Å². The standard InChI is InChI=1S/C16H23N5OS/c1-11(2)10-21-16(18-19-20-21)23-13(4)15(22)17-9-14-7-5-12(3)6-8-14/h5-8,11,13H,9-10H2,1-4H3,(H,17,22)/t13-/m1/s1. The fourth-order valence-electron chi connectivity index (χ4n) is 1.99. The number of nitrogens with one attached hydrogen (secondary N) is 1. The van der Waals surface area contributed by atoms with E-state index >= 15 is 0 Å². The third-order valence-corrected chi connectivity index (χ3v) is 4.35. The highest BCUT2D eigenvalue weighted by molar-refractivity contribution is 8.00. The zero-order valence-electron chi connectivity index (χ0n) is 14.0. The second kappa shape index (κ2) is 8.10. The molecule has 0 radical (unpaired) electrons. The van der Waals surface area contributed by atoms with Gasteiger partial charge in [-0.05, 0) is 35.8 Å². The molecule has 2 rings (SSSR count). The molecular formula is C16H23N5OS. The highest BCUT2D eigenvalue weighted by Crippen LogP contribution is 2.21. The van der Waals surface area contributed by atoms with Crippen molar-refractivity contribution in [2.45, 2.75) is 51.2 Å². The molecule has 0 aliphatic rings. The summed E-state index contributed by atoms with van der Waals surface area (Å²) in [6.07, 6.45) is 0. The van der Waals surface area contributed by atoms with Crippen LogP contribution in [0, 0.1) is 12.8 Å². The molecule has 0 spiro atoms. The second-order valence-electron chi connectivity index (χ2n) is 6.00. The van der Waals surface area contributed by atoms with Crippen molar-refractivity contribution in [3.05, 3.63) is 35.4 Å². The van der Waals surface area contributed by atoms with Crippen LogP contribution in [0.3, 0.4) is 0 Å². The molecule has 0 bridgehead atoms. The molecule has 1 heterocycles. The fourth-order valence-corrected chi connectivity index (χ4v) is 2.81. The van der Waals surface area contributed by atoms with Crippen LogP contribution in [0.5, 0.6) is 0 Å². The Morgan fingerprint density at radius 2 is 1.96 bits per heavy atom. The lowest BCUT2D eigenvalue weighted by molar-refractivity contribution is -0.120. The van der Waals surface area contributed by atoms with Gasteiger partial charge in [0.05, 0.1) is 5.25 Å². The molecule has 1 atom stereocenters. The van der Waals surface area contributed by atoms with Gasteiger partial charge in [-0.2, -0.15) is 0 Å². The minimum atomic E-state index is -0.252. The molecule has 1 aromatic heterocycles. The maximum atomic E-state index is 12.2. The molecule has 0 aliphatic carbocycles. The van der Waals surface area contributed by atoms with Crippen LogP contribution in [0.1, 0.15) is 31.9 Å². The summed E-state index contributed by atoms with van der Waals surface area (Å²) in [7, 11) is 0. The third-order valence-electron chi connectivity index (χ3n) is 3.28. The number of thioether (sulfide) groups is 1. The van der Waals surface area contributed by atoms with Crippen LogP contribution in [-0.4, -0.2) is 31.4 Å². The summed E-state index contributed by atoms with van der Waals surface area (Å²) >= 11 is 1.38. The van der Waals surface area contributed by atoms with Crippen molar-refractivity contribution in [2.24, 2.45) is 5.92 Å². The Bertz CT molecular complexity index is 638. The van der Waals surface area contributed by atoms with Crippen molar-refractivity contribution >= 4 is 17.7 Å². The van der Waals surface area contributed by atoms with E-state index in [0.29, 0.717) is 17.6 Å². The van der Waals surface area contributed by atoms with E-state index in [1.165, 1.54) is 17.3 Å². The molecule has 0 saturated carbocycles. The van der Waals surface area contributed by atoms with Crippen LogP contribution in [0.15, 0.2) is 29.4 Å². The molecule has 23 heavy (non-hydrogen) atoms. The largest absolute Gasteiger partial charge is 0.351 e. The predicted molar refractivity (Wildman–Crippen MR) is 91.0 cm³/mol. The van der Waals surface area contributed by atoms with Gasteiger partial charge in [0.25, 0.3) is 0 Å². The Morgan fingerprint density at radius 3 is 2.61 bits per heavy atom. The van der Waals surface area contributed by atoms with Crippen LogP contribution in [0.25, 0.3) is 0 Å². The van der Waals surface area contributed by atoms with E-state index in [1.54, 1.807) is 4.68 Å². The molecule has 6 nitrogen and oxygen atoms in total. The summed E-state index contributed by atoms with van der Waals surface area (Å²) in [6.45, 7) is 9.39. The Hall–Kier alpha value is -1.89. The van der Waals surface area contributed by atoms with E-state index in [0.717, 1.165) is 12.1 Å². The predicted octanol–water partition coefficient (Wildman–Crippen LogP) is 2.43. The van der Waals surface area contributed by atoms with Crippen molar-refractivity contribution in [1.82, 2.24) is 25.5 Å². The van der Waals surface area contributed by atoms with Gasteiger partial charge < -0.3 is 5.32 Å². The summed E-state index contributed by atoms with van der Waals surface area (Å²) in [5.41, 5.74) is 2.30. The third kappa shape index (κ3) is 5.35. The van der Waals surface area contributed by atoms with Crippen LogP contribution in [0.2, 0.25) is 0 Å². The molecule has 1 amide bonds. The maximum Gasteiger partial charge on any atom is 0.233 e. The van der Waals surface area contributed by atoms with Gasteiger partial charge in [0.2, 0.25) is 11.1 Å². The van der Waals surface area contributed by atoms with Gasteiger partial charge in [-0.25, -0.2) is 4.68 Å². The first-order valence-corrected chi connectivity index (χ1v) is 8.59. The maximum absolute atomic E-state index is 12.2. The van der Waals surface area contributed by atoms with Gasteiger partial charge in [-0.15, -0.1) is 5.10 Å². The number of benzene rings is 1. The Morgan fingerprint density at radius 1 is 1.26 bits per heavy atom. The first kappa shape index (κ1) is 17.5. The quantitative estimate of drug-likeness (QED) is 0.788. The first-order chi connectivity index (χ1) is 11.0. The summed E-state index contributed by atoms with van der Waals surface area (Å²) in [4.78, 5) is 12.2. The SMILES string of the molecule is Cc1ccc(CNC(=O)[C@@H](C)Sc2nnnn2CC(C)C)cc1. The lowest BCUT2D eigenvalue weighted by Gasteiger charge is -2.12. The summed E-state index contributed by atoms with van der Waals surface area (Å²) < 4.78 is 1.75. The van der Waals surface area contributed by atoms with Gasteiger partial charge in [0.1, 0.15) is 0 Å². The minimum Gasteiger partial charge on any atom is -0.351 e. The molecule has 124 valence electrons. The summed E-state index contributed by atoms with van der Waals surface area (Å²) in [5.74, 6) is 0.429. The minimum absolute atomic E-state index is 0.0188. The van der Waals surface area contributed by atoms with E-state index < -0.39 is 0 Å². The van der Waals surface area contributed by atoms with E-state index in [1.807, 2.05) is 38.1 Å². The van der Waals surface area contributed by atoms with Gasteiger partial charge in [-0.3, -0.25) is 4.79 Å². The number of hydrogen-bond donors (Lipinski definition) is 1. The average molecular weight is 333 g/mol. The average Bonchev–Trinajstić information content (AvgIpc) is 2.92. The summed E-state index contributed by atoms with van der Waals surface area (Å²) in [6, 6.07) is 8.13. The number of hydrogen-bond acceptors (Lipinski definition) is 5. The van der Waals surface area contributed by atoms with Crippen LogP contribution in [-0.2, 0) is 17.9 Å². The molecule has 1 aromatic carbocycles. The van der Waals surface area contributed by atoms with E-state index in [9.17, 15) is 4.79 Å². The molecule has 2 aromatic rings. The van der Waals surface area contributed by atoms with Crippen molar-refractivity contribution in [3.8, 4) is 0 Å². The lowest BCUT2D eigenvalue weighted by atomic mass is 10.1. The monoisotopic (exact) mass is 333 g/mol. The topological polar surface area (TPSA) is 72.7 Å². The summed E-state index contributed by atoms with van der Waals surface area (Å²) in [5, 5.41) is 15.1. The number of carbonyl (C=O) groups excluding carboxylic acids is 1. The molecule has 0 saturated heterocycles. The zero-order chi connectivity index (χ0) is 16.8. The van der Waals surface area contributed by atoms with E-state index in [4.69, 9.17) is 0 Å². The van der Waals surface area contributed by atoms with Crippen LogP contribution in [0.4, 0.5) is 0 Å². The first-order valence-electron chi connectivity index (χ1n) is 7.71. The number of aromatic nitrogens is 4. The number of rotatable bonds is 7. The van der Waals surface area contributed by atoms with E-state index in [-0.39, 0.29) is 11.2 Å². The van der Waals surface area contributed by atoms with Crippen molar-refractivity contribution < 1.29 is 4.79 Å². The molecule has 1 N–H and O–H groups in total. The van der Waals surface area contributed by atoms with Crippen molar-refractivity contribution in [3.63, 3.8) is 0 Å². The molecule has 0 aliphatic heterocycles. The Kier molecular flexibility index (Phi) is 6.15. The molecule has 7 heteroatoms. The highest BCUT2D eigenvalue weighted by Gasteiger charge is 2.18. The Labute approximate surface area is 141 Å². The highest BCUT2D eigenvalue weighted by atomic mass is 32.2. The van der Waals surface area contributed by atoms with Gasteiger partial charge in [0.15, 0.2) is 0 Å². The zero-order valence-corrected chi connectivity index (χ0v) is 14.8. The molecule has 0 fully saturated rings. The van der Waals surface area contributed by atoms with Crippen LogP contribution >= 0.6 is 11.8 Å². The molecular weight excluding hydrogens is 310 g/mol. The van der Waals surface area contributed by atoms with Crippen molar-refractivity contribution in [1.29, 1.82) is 0 Å². The smallest absolute Gasteiger partial charge is 0.233 e.